The Kier molecular flexibility index (Phi) is 8.14. The number of thioether (sulfide) groups is 3. The molecule has 0 aliphatic heterocycles. The Morgan fingerprint density at radius 3 is 1.10 bits per heavy atom. The van der Waals surface area contributed by atoms with E-state index in [4.69, 9.17) is 16.2 Å². The molecule has 1 aromatic rings. The maximum atomic E-state index is 7.52. The van der Waals surface area contributed by atoms with Crippen LogP contribution in [0.25, 0.3) is 0 Å². The van der Waals surface area contributed by atoms with Gasteiger partial charge < -0.3 is 0 Å². The summed E-state index contributed by atoms with van der Waals surface area (Å²) in [5.41, 5.74) is 3.64. The maximum absolute atomic E-state index is 7.52. The Morgan fingerprint density at radius 2 is 0.905 bits per heavy atom. The second-order valence-electron chi connectivity index (χ2n) is 4.69. The average Bonchev–Trinajstić information content (AvgIpc) is 2.40. The van der Waals surface area contributed by atoms with Crippen molar-refractivity contribution in [3.8, 4) is 0 Å². The second-order valence-corrected chi connectivity index (χ2v) is 8.26. The van der Waals surface area contributed by atoms with E-state index in [2.05, 4.69) is 18.2 Å². The van der Waals surface area contributed by atoms with Crippen LogP contribution in [0.1, 0.15) is 37.5 Å². The van der Waals surface area contributed by atoms with Crippen molar-refractivity contribution >= 4 is 50.4 Å². The van der Waals surface area contributed by atoms with Crippen molar-refractivity contribution in [1.29, 1.82) is 16.2 Å². The van der Waals surface area contributed by atoms with Crippen LogP contribution >= 0.6 is 35.3 Å². The molecular formula is C15H21N3S3. The molecule has 0 amide bonds. The fraction of sp³-hybridized carbons (Fsp3) is 0.400. The first-order valence-corrected chi connectivity index (χ1v) is 9.48. The number of nitrogens with one attached hydrogen (secondary N) is 3. The quantitative estimate of drug-likeness (QED) is 0.481. The average molecular weight is 340 g/mol. The van der Waals surface area contributed by atoms with Crippen molar-refractivity contribution in [3.63, 3.8) is 0 Å². The molecule has 0 unspecified atom stereocenters. The van der Waals surface area contributed by atoms with Gasteiger partial charge in [-0.3, -0.25) is 16.2 Å². The summed E-state index contributed by atoms with van der Waals surface area (Å²) in [7, 11) is 0. The molecule has 0 atom stereocenters. The summed E-state index contributed by atoms with van der Waals surface area (Å²) in [6.07, 6.45) is 0. The zero-order valence-corrected chi connectivity index (χ0v) is 15.0. The first-order chi connectivity index (χ1) is 9.86. The largest absolute Gasteiger partial charge is 0.299 e. The van der Waals surface area contributed by atoms with Crippen molar-refractivity contribution < 1.29 is 0 Å². The van der Waals surface area contributed by atoms with E-state index in [1.54, 1.807) is 20.8 Å². The van der Waals surface area contributed by atoms with Crippen molar-refractivity contribution in [1.82, 2.24) is 0 Å². The number of benzene rings is 1. The zero-order chi connectivity index (χ0) is 15.8. The highest BCUT2D eigenvalue weighted by Gasteiger charge is 2.04. The van der Waals surface area contributed by atoms with E-state index in [-0.39, 0.29) is 0 Å². The molecule has 0 bridgehead atoms. The van der Waals surface area contributed by atoms with Crippen LogP contribution in [0, 0.1) is 16.2 Å². The van der Waals surface area contributed by atoms with Gasteiger partial charge in [0.1, 0.15) is 0 Å². The van der Waals surface area contributed by atoms with Crippen molar-refractivity contribution in [2.45, 2.75) is 38.0 Å². The summed E-state index contributed by atoms with van der Waals surface area (Å²) in [6, 6.07) is 6.49. The second kappa shape index (κ2) is 9.33. The highest BCUT2D eigenvalue weighted by molar-refractivity contribution is 8.13. The lowest BCUT2D eigenvalue weighted by molar-refractivity contribution is 1.27. The van der Waals surface area contributed by atoms with Crippen LogP contribution in [-0.2, 0) is 17.3 Å². The van der Waals surface area contributed by atoms with Gasteiger partial charge in [-0.1, -0.05) is 18.2 Å². The van der Waals surface area contributed by atoms with E-state index in [0.29, 0.717) is 15.1 Å². The van der Waals surface area contributed by atoms with E-state index < -0.39 is 0 Å². The molecule has 1 rings (SSSR count). The lowest BCUT2D eigenvalue weighted by Crippen LogP contribution is -1.94. The fourth-order valence-electron chi connectivity index (χ4n) is 1.66. The van der Waals surface area contributed by atoms with Gasteiger partial charge in [-0.15, -0.1) is 35.3 Å². The molecule has 0 aliphatic carbocycles. The van der Waals surface area contributed by atoms with Crippen molar-refractivity contribution in [2.24, 2.45) is 0 Å². The van der Waals surface area contributed by atoms with Crippen LogP contribution < -0.4 is 0 Å². The molecule has 114 valence electrons. The molecule has 0 spiro atoms. The molecule has 0 aromatic heterocycles. The van der Waals surface area contributed by atoms with Gasteiger partial charge in [-0.2, -0.15) is 0 Å². The minimum Gasteiger partial charge on any atom is -0.299 e. The normalized spacial score (nSPS) is 10.4. The summed E-state index contributed by atoms with van der Waals surface area (Å²) in [5, 5.41) is 24.4. The Bertz CT molecular complexity index is 452. The van der Waals surface area contributed by atoms with Crippen LogP contribution in [0.5, 0.6) is 0 Å². The van der Waals surface area contributed by atoms with Gasteiger partial charge in [0.25, 0.3) is 0 Å². The van der Waals surface area contributed by atoms with E-state index in [9.17, 15) is 0 Å². The lowest BCUT2D eigenvalue weighted by Gasteiger charge is -2.09. The van der Waals surface area contributed by atoms with Crippen LogP contribution in [0.4, 0.5) is 0 Å². The monoisotopic (exact) mass is 339 g/mol. The molecule has 0 fully saturated rings. The summed E-state index contributed by atoms with van der Waals surface area (Å²) >= 11 is 4.61. The van der Waals surface area contributed by atoms with E-state index in [1.807, 2.05) is 0 Å². The van der Waals surface area contributed by atoms with Crippen LogP contribution in [0.2, 0.25) is 0 Å². The maximum Gasteiger partial charge on any atom is 0.0613 e. The Labute approximate surface area is 139 Å². The summed E-state index contributed by atoms with van der Waals surface area (Å²) in [5.74, 6) is 2.41. The Balaban J connectivity index is 2.86. The SMILES string of the molecule is CC(=N)SCc1cc(CSC(C)=N)cc(CSC(C)=N)c1. The minimum atomic E-state index is 0.622. The van der Waals surface area contributed by atoms with Gasteiger partial charge in [-0.25, -0.2) is 0 Å². The molecule has 0 radical (unpaired) electrons. The summed E-state index contributed by atoms with van der Waals surface area (Å²) in [4.78, 5) is 0. The molecular weight excluding hydrogens is 318 g/mol. The van der Waals surface area contributed by atoms with E-state index >= 15 is 0 Å². The predicted octanol–water partition coefficient (Wildman–Crippen LogP) is 5.38. The third-order valence-electron chi connectivity index (χ3n) is 2.48. The highest BCUT2D eigenvalue weighted by atomic mass is 32.2. The van der Waals surface area contributed by atoms with Crippen LogP contribution in [-0.4, -0.2) is 15.1 Å². The van der Waals surface area contributed by atoms with Gasteiger partial charge in [-0.05, 0) is 37.5 Å². The Hall–Kier alpha value is -0.720. The van der Waals surface area contributed by atoms with Crippen molar-refractivity contribution in [3.05, 3.63) is 34.9 Å². The first-order valence-electron chi connectivity index (χ1n) is 6.52. The smallest absolute Gasteiger partial charge is 0.0613 e. The third kappa shape index (κ3) is 8.34. The van der Waals surface area contributed by atoms with Crippen molar-refractivity contribution in [2.75, 3.05) is 0 Å². The topological polar surface area (TPSA) is 71.6 Å². The fourth-order valence-corrected chi connectivity index (χ4v) is 3.31. The predicted molar refractivity (Wildman–Crippen MR) is 101 cm³/mol. The molecule has 3 N–H and O–H groups in total. The third-order valence-corrected chi connectivity index (χ3v) is 5.21. The Morgan fingerprint density at radius 1 is 0.667 bits per heavy atom. The first kappa shape index (κ1) is 18.3. The summed E-state index contributed by atoms with van der Waals surface area (Å²) < 4.78 is 0. The molecule has 21 heavy (non-hydrogen) atoms. The molecule has 0 heterocycles. The number of hydrogen-bond donors (Lipinski definition) is 3. The van der Waals surface area contributed by atoms with Crippen LogP contribution in [0.3, 0.4) is 0 Å². The molecule has 0 aliphatic rings. The van der Waals surface area contributed by atoms with Gasteiger partial charge in [0.05, 0.1) is 15.1 Å². The lowest BCUT2D eigenvalue weighted by atomic mass is 10.1. The number of rotatable bonds is 6. The van der Waals surface area contributed by atoms with Gasteiger partial charge in [0.2, 0.25) is 0 Å². The van der Waals surface area contributed by atoms with Crippen LogP contribution in [0.15, 0.2) is 18.2 Å². The standard InChI is InChI=1S/C15H21N3S3/c1-10(16)19-7-13-4-14(8-20-11(2)17)6-15(5-13)9-21-12(3)18/h4-6,16-18H,7-9H2,1-3H3. The molecule has 0 saturated carbocycles. The minimum absolute atomic E-state index is 0.622. The van der Waals surface area contributed by atoms with Gasteiger partial charge >= 0.3 is 0 Å². The highest BCUT2D eigenvalue weighted by Crippen LogP contribution is 2.23. The number of hydrogen-bond acceptors (Lipinski definition) is 6. The van der Waals surface area contributed by atoms with E-state index in [0.717, 1.165) is 17.3 Å². The van der Waals surface area contributed by atoms with E-state index in [1.165, 1.54) is 52.0 Å². The summed E-state index contributed by atoms with van der Waals surface area (Å²) in [6.45, 7) is 5.41. The molecule has 3 nitrogen and oxygen atoms in total. The molecule has 1 aromatic carbocycles. The van der Waals surface area contributed by atoms with Gasteiger partial charge in [0.15, 0.2) is 0 Å². The van der Waals surface area contributed by atoms with Gasteiger partial charge in [0, 0.05) is 17.3 Å². The molecule has 0 saturated heterocycles. The zero-order valence-electron chi connectivity index (χ0n) is 12.6. The molecule has 6 heteroatoms.